The predicted octanol–water partition coefficient (Wildman–Crippen LogP) is 2.95. The lowest BCUT2D eigenvalue weighted by Gasteiger charge is -2.42. The third kappa shape index (κ3) is 2.98. The third-order valence-corrected chi connectivity index (χ3v) is 6.62. The van der Waals surface area contributed by atoms with E-state index in [-0.39, 0.29) is 17.9 Å². The van der Waals surface area contributed by atoms with Gasteiger partial charge in [0, 0.05) is 29.7 Å². The zero-order chi connectivity index (χ0) is 18.3. The molecule has 138 valence electrons. The monoisotopic (exact) mass is 353 g/mol. The van der Waals surface area contributed by atoms with Crippen molar-refractivity contribution in [3.05, 3.63) is 35.5 Å². The number of para-hydroxylation sites is 1. The summed E-state index contributed by atoms with van der Waals surface area (Å²) in [5, 5.41) is 32.2. The Morgan fingerprint density at radius 2 is 2.04 bits per heavy atom. The minimum absolute atomic E-state index is 0.135. The first kappa shape index (κ1) is 17.4. The van der Waals surface area contributed by atoms with Gasteiger partial charge < -0.3 is 20.1 Å². The number of nitrogens with zero attached hydrogens (tertiary/aromatic N) is 2. The minimum atomic E-state index is -0.564. The zero-order valence-corrected chi connectivity index (χ0v) is 15.2. The Labute approximate surface area is 154 Å². The smallest absolute Gasteiger partial charge is 0.179 e. The fourth-order valence-corrected chi connectivity index (χ4v) is 5.07. The molecule has 26 heavy (non-hydrogen) atoms. The van der Waals surface area contributed by atoms with Crippen LogP contribution in [0.5, 0.6) is 0 Å². The van der Waals surface area contributed by atoms with E-state index in [1.165, 1.54) is 0 Å². The van der Waals surface area contributed by atoms with E-state index in [1.807, 2.05) is 23.1 Å². The standard InChI is InChI=1S/C21H27N3O2/c1-13-17-10-20(26)21-16(15-4-2-3-5-18(15)23-21)8-9-24(12-22)11-14(17)6-7-19(13)25/h2-5,13-14,17,19-20,23,25-26H,6-11H2,1H3/t13-,14+,17-,19+,20-/m1/s1. The maximum Gasteiger partial charge on any atom is 0.179 e. The zero-order valence-electron chi connectivity index (χ0n) is 15.2. The number of aromatic amines is 1. The summed E-state index contributed by atoms with van der Waals surface area (Å²) in [6, 6.07) is 8.12. The maximum atomic E-state index is 11.1. The molecule has 1 aliphatic carbocycles. The number of aliphatic hydroxyl groups is 2. The molecular weight excluding hydrogens is 326 g/mol. The number of benzene rings is 1. The number of aromatic nitrogens is 1. The second-order valence-electron chi connectivity index (χ2n) is 8.04. The van der Waals surface area contributed by atoms with Gasteiger partial charge in [-0.05, 0) is 55.1 Å². The Kier molecular flexibility index (Phi) is 4.64. The number of nitrogens with one attached hydrogen (secondary N) is 1. The second-order valence-corrected chi connectivity index (χ2v) is 8.04. The molecule has 0 radical (unpaired) electrons. The highest BCUT2D eigenvalue weighted by atomic mass is 16.3. The summed E-state index contributed by atoms with van der Waals surface area (Å²) in [5.74, 6) is 0.687. The number of aliphatic hydroxyl groups excluding tert-OH is 2. The lowest BCUT2D eigenvalue weighted by Crippen LogP contribution is -2.42. The first-order valence-corrected chi connectivity index (χ1v) is 9.68. The number of fused-ring (bicyclic) bond motifs is 4. The number of nitriles is 1. The van der Waals surface area contributed by atoms with Crippen molar-refractivity contribution in [2.24, 2.45) is 17.8 Å². The van der Waals surface area contributed by atoms with E-state index in [0.29, 0.717) is 18.9 Å². The van der Waals surface area contributed by atoms with E-state index >= 15 is 0 Å². The Morgan fingerprint density at radius 1 is 1.23 bits per heavy atom. The van der Waals surface area contributed by atoms with Crippen LogP contribution in [0.3, 0.4) is 0 Å². The summed E-state index contributed by atoms with van der Waals surface area (Å²) >= 11 is 0. The van der Waals surface area contributed by atoms with E-state index in [2.05, 4.69) is 24.2 Å². The SMILES string of the molecule is C[C@@H]1[C@H]2C[C@@H](O)c3[nH]c4ccccc4c3CCN(C#N)C[C@@H]2CC[C@@H]1O. The quantitative estimate of drug-likeness (QED) is 0.636. The van der Waals surface area contributed by atoms with Crippen molar-refractivity contribution in [2.75, 3.05) is 13.1 Å². The number of H-pyrrole nitrogens is 1. The molecule has 0 unspecified atom stereocenters. The van der Waals surface area contributed by atoms with E-state index in [9.17, 15) is 15.5 Å². The first-order chi connectivity index (χ1) is 12.6. The molecule has 1 aliphatic heterocycles. The molecule has 1 aromatic heterocycles. The molecule has 0 bridgehead atoms. The van der Waals surface area contributed by atoms with Gasteiger partial charge in [-0.1, -0.05) is 25.1 Å². The van der Waals surface area contributed by atoms with Gasteiger partial charge in [-0.3, -0.25) is 0 Å². The predicted molar refractivity (Wildman–Crippen MR) is 100 cm³/mol. The van der Waals surface area contributed by atoms with Crippen molar-refractivity contribution in [2.45, 2.75) is 44.8 Å². The van der Waals surface area contributed by atoms with E-state index in [0.717, 1.165) is 48.0 Å². The molecule has 3 N–H and O–H groups in total. The largest absolute Gasteiger partial charge is 0.393 e. The van der Waals surface area contributed by atoms with Crippen molar-refractivity contribution in [3.63, 3.8) is 0 Å². The highest BCUT2D eigenvalue weighted by molar-refractivity contribution is 5.84. The van der Waals surface area contributed by atoms with E-state index in [4.69, 9.17) is 0 Å². The molecule has 1 saturated carbocycles. The van der Waals surface area contributed by atoms with Crippen LogP contribution in [0, 0.1) is 29.2 Å². The van der Waals surface area contributed by atoms with E-state index in [1.54, 1.807) is 0 Å². The highest BCUT2D eigenvalue weighted by Gasteiger charge is 2.39. The minimum Gasteiger partial charge on any atom is -0.393 e. The average Bonchev–Trinajstić information content (AvgIpc) is 3.02. The first-order valence-electron chi connectivity index (χ1n) is 9.68. The van der Waals surface area contributed by atoms with Gasteiger partial charge in [-0.15, -0.1) is 0 Å². The molecule has 1 fully saturated rings. The Balaban J connectivity index is 1.75. The van der Waals surface area contributed by atoms with Crippen LogP contribution in [0.1, 0.15) is 43.5 Å². The molecule has 1 aromatic carbocycles. The Hall–Kier alpha value is -2.03. The van der Waals surface area contributed by atoms with Crippen LogP contribution >= 0.6 is 0 Å². The van der Waals surface area contributed by atoms with Crippen LogP contribution in [0.2, 0.25) is 0 Å². The van der Waals surface area contributed by atoms with Crippen molar-refractivity contribution in [1.82, 2.24) is 9.88 Å². The molecule has 2 aromatic rings. The summed E-state index contributed by atoms with van der Waals surface area (Å²) in [6.45, 7) is 3.48. The summed E-state index contributed by atoms with van der Waals surface area (Å²) < 4.78 is 0. The van der Waals surface area contributed by atoms with Gasteiger partial charge in [0.2, 0.25) is 0 Å². The summed E-state index contributed by atoms with van der Waals surface area (Å²) in [6.07, 6.45) is 4.56. The Bertz CT molecular complexity index is 824. The number of rotatable bonds is 0. The lowest BCUT2D eigenvalue weighted by molar-refractivity contribution is -0.0180. The fraction of sp³-hybridized carbons (Fsp3) is 0.571. The normalized spacial score (nSPS) is 32.5. The molecule has 5 heteroatoms. The van der Waals surface area contributed by atoms with Crippen molar-refractivity contribution in [1.29, 1.82) is 5.26 Å². The van der Waals surface area contributed by atoms with Gasteiger partial charge in [0.15, 0.2) is 6.19 Å². The van der Waals surface area contributed by atoms with Crippen molar-refractivity contribution in [3.8, 4) is 6.19 Å². The topological polar surface area (TPSA) is 83.3 Å². The van der Waals surface area contributed by atoms with Crippen LogP contribution in [-0.2, 0) is 6.42 Å². The summed E-state index contributed by atoms with van der Waals surface area (Å²) in [4.78, 5) is 5.29. The van der Waals surface area contributed by atoms with Gasteiger partial charge in [0.25, 0.3) is 0 Å². The van der Waals surface area contributed by atoms with Crippen LogP contribution in [0.4, 0.5) is 0 Å². The molecule has 0 saturated heterocycles. The van der Waals surface area contributed by atoms with Gasteiger partial charge >= 0.3 is 0 Å². The second kappa shape index (κ2) is 6.94. The lowest BCUT2D eigenvalue weighted by atomic mass is 9.68. The van der Waals surface area contributed by atoms with Crippen LogP contribution < -0.4 is 0 Å². The van der Waals surface area contributed by atoms with Gasteiger partial charge in [0.1, 0.15) is 0 Å². The molecule has 0 amide bonds. The molecule has 5 atom stereocenters. The van der Waals surface area contributed by atoms with Crippen molar-refractivity contribution >= 4 is 10.9 Å². The molecular formula is C21H27N3O2. The molecule has 4 rings (SSSR count). The number of hydrogen-bond donors (Lipinski definition) is 3. The van der Waals surface area contributed by atoms with E-state index < -0.39 is 6.10 Å². The average molecular weight is 353 g/mol. The van der Waals surface area contributed by atoms with Crippen LogP contribution in [0.15, 0.2) is 24.3 Å². The number of hydrogen-bond acceptors (Lipinski definition) is 4. The summed E-state index contributed by atoms with van der Waals surface area (Å²) in [7, 11) is 0. The van der Waals surface area contributed by atoms with Crippen LogP contribution in [-0.4, -0.2) is 39.3 Å². The van der Waals surface area contributed by atoms with Gasteiger partial charge in [0.05, 0.1) is 12.2 Å². The van der Waals surface area contributed by atoms with Crippen LogP contribution in [0.25, 0.3) is 10.9 Å². The fourth-order valence-electron chi connectivity index (χ4n) is 5.07. The van der Waals surface area contributed by atoms with Gasteiger partial charge in [-0.2, -0.15) is 5.26 Å². The molecule has 2 aliphatic rings. The van der Waals surface area contributed by atoms with Gasteiger partial charge in [-0.25, -0.2) is 0 Å². The molecule has 2 heterocycles. The third-order valence-electron chi connectivity index (χ3n) is 6.62. The maximum absolute atomic E-state index is 11.1. The highest BCUT2D eigenvalue weighted by Crippen LogP contribution is 2.42. The summed E-state index contributed by atoms with van der Waals surface area (Å²) in [5.41, 5.74) is 3.04. The van der Waals surface area contributed by atoms with Crippen molar-refractivity contribution < 1.29 is 10.2 Å². The Morgan fingerprint density at radius 3 is 2.85 bits per heavy atom. The molecule has 0 spiro atoms. The molecule has 5 nitrogen and oxygen atoms in total.